The molecule has 0 radical (unpaired) electrons. The first-order chi connectivity index (χ1) is 11.8. The Balaban J connectivity index is 1.82. The Kier molecular flexibility index (Phi) is 5.04. The first-order valence-corrected chi connectivity index (χ1v) is 8.91. The zero-order valence-corrected chi connectivity index (χ0v) is 15.3. The second kappa shape index (κ2) is 6.94. The first kappa shape index (κ1) is 18.2. The van der Waals surface area contributed by atoms with Crippen molar-refractivity contribution in [2.24, 2.45) is 11.3 Å². The lowest BCUT2D eigenvalue weighted by Gasteiger charge is -2.43. The number of carbonyl (C=O) groups is 1. The molecule has 1 amide bonds. The number of aromatic amines is 1. The molecular weight excluding hydrogens is 342 g/mol. The van der Waals surface area contributed by atoms with Crippen LogP contribution in [0.1, 0.15) is 38.4 Å². The van der Waals surface area contributed by atoms with Gasteiger partial charge in [-0.25, -0.2) is 0 Å². The molecule has 0 unspecified atom stereocenters. The van der Waals surface area contributed by atoms with E-state index < -0.39 is 12.7 Å². The van der Waals surface area contributed by atoms with Gasteiger partial charge in [0.05, 0.1) is 17.8 Å². The molecule has 7 heteroatoms. The van der Waals surface area contributed by atoms with Crippen molar-refractivity contribution in [3.05, 3.63) is 28.9 Å². The Morgan fingerprint density at radius 2 is 2.12 bits per heavy atom. The fraction of sp³-hybridized carbons (Fsp3) is 0.556. The van der Waals surface area contributed by atoms with Crippen molar-refractivity contribution >= 4 is 28.4 Å². The number of halogens is 1. The molecule has 0 bridgehead atoms. The summed E-state index contributed by atoms with van der Waals surface area (Å²) >= 11 is 6.20. The molecule has 3 rings (SSSR count). The number of aliphatic hydroxyl groups excluding tert-OH is 2. The number of rotatable bonds is 4. The van der Waals surface area contributed by atoms with Gasteiger partial charge in [0.15, 0.2) is 0 Å². The summed E-state index contributed by atoms with van der Waals surface area (Å²) < 4.78 is 0. The number of nitrogens with zero attached hydrogens (tertiary/aromatic N) is 2. The van der Waals surface area contributed by atoms with Crippen LogP contribution in [0, 0.1) is 11.3 Å². The van der Waals surface area contributed by atoms with E-state index in [0.29, 0.717) is 18.1 Å². The Morgan fingerprint density at radius 1 is 1.44 bits per heavy atom. The lowest BCUT2D eigenvalue weighted by molar-refractivity contribution is -0.136. The van der Waals surface area contributed by atoms with Crippen LogP contribution in [0.4, 0.5) is 0 Å². The number of benzene rings is 1. The van der Waals surface area contributed by atoms with Gasteiger partial charge in [0.25, 0.3) is 0 Å². The fourth-order valence-corrected chi connectivity index (χ4v) is 4.09. The maximum atomic E-state index is 11.6. The highest BCUT2D eigenvalue weighted by Crippen LogP contribution is 2.46. The zero-order valence-electron chi connectivity index (χ0n) is 14.5. The van der Waals surface area contributed by atoms with E-state index in [1.54, 1.807) is 23.2 Å². The largest absolute Gasteiger partial charge is 0.388 e. The van der Waals surface area contributed by atoms with Crippen LogP contribution in [-0.4, -0.2) is 50.9 Å². The second-order valence-corrected chi connectivity index (χ2v) is 7.80. The molecule has 6 nitrogen and oxygen atoms in total. The van der Waals surface area contributed by atoms with Gasteiger partial charge in [0.2, 0.25) is 5.91 Å². The quantitative estimate of drug-likeness (QED) is 0.776. The SMILES string of the molecule is CC(C)(C1CCN(C(=O)CO)CC1)[C@H](O)c1cc(Cl)cc2[nH]ncc12. The summed E-state index contributed by atoms with van der Waals surface area (Å²) in [6.45, 7) is 4.88. The molecule has 1 aromatic carbocycles. The minimum absolute atomic E-state index is 0.230. The van der Waals surface area contributed by atoms with Gasteiger partial charge in [-0.2, -0.15) is 5.10 Å². The summed E-state index contributed by atoms with van der Waals surface area (Å²) in [5, 5.41) is 28.5. The number of carbonyl (C=O) groups excluding carboxylic acids is 1. The van der Waals surface area contributed by atoms with Crippen molar-refractivity contribution in [1.82, 2.24) is 15.1 Å². The summed E-state index contributed by atoms with van der Waals surface area (Å²) in [6.07, 6.45) is 2.61. The number of aliphatic hydroxyl groups is 2. The highest BCUT2D eigenvalue weighted by molar-refractivity contribution is 6.31. The van der Waals surface area contributed by atoms with E-state index in [-0.39, 0.29) is 17.2 Å². The summed E-state index contributed by atoms with van der Waals surface area (Å²) in [7, 11) is 0. The average Bonchev–Trinajstić information content (AvgIpc) is 3.08. The van der Waals surface area contributed by atoms with Gasteiger partial charge < -0.3 is 15.1 Å². The standard InChI is InChI=1S/C18H24ClN3O3/c1-18(2,11-3-5-22(6-4-11)16(24)10-23)17(25)13-7-12(19)8-15-14(13)9-20-21-15/h7-9,11,17,23,25H,3-6,10H2,1-2H3,(H,20,21)/t17-/m1/s1. The average molecular weight is 366 g/mol. The molecule has 1 aliphatic heterocycles. The van der Waals surface area contributed by atoms with E-state index >= 15 is 0 Å². The molecule has 25 heavy (non-hydrogen) atoms. The Bertz CT molecular complexity index is 766. The third-order valence-corrected chi connectivity index (χ3v) is 5.81. The van der Waals surface area contributed by atoms with Crippen LogP contribution in [0.15, 0.2) is 18.3 Å². The molecule has 1 fully saturated rings. The van der Waals surface area contributed by atoms with Crippen LogP contribution < -0.4 is 0 Å². The Hall–Kier alpha value is -1.63. The normalized spacial score (nSPS) is 17.9. The number of nitrogens with one attached hydrogen (secondary N) is 1. The monoisotopic (exact) mass is 365 g/mol. The van der Waals surface area contributed by atoms with Gasteiger partial charge in [-0.3, -0.25) is 9.89 Å². The first-order valence-electron chi connectivity index (χ1n) is 8.53. The lowest BCUT2D eigenvalue weighted by Crippen LogP contribution is -2.44. The van der Waals surface area contributed by atoms with Gasteiger partial charge in [0, 0.05) is 23.5 Å². The van der Waals surface area contributed by atoms with Crippen LogP contribution in [0.3, 0.4) is 0 Å². The minimum atomic E-state index is -0.698. The van der Waals surface area contributed by atoms with Crippen molar-refractivity contribution in [3.8, 4) is 0 Å². The molecule has 0 saturated carbocycles. The highest BCUT2D eigenvalue weighted by Gasteiger charge is 2.40. The van der Waals surface area contributed by atoms with Crippen molar-refractivity contribution < 1.29 is 15.0 Å². The third kappa shape index (κ3) is 3.38. The summed E-state index contributed by atoms with van der Waals surface area (Å²) in [5.41, 5.74) is 1.19. The van der Waals surface area contributed by atoms with E-state index in [9.17, 15) is 9.90 Å². The van der Waals surface area contributed by atoms with E-state index in [4.69, 9.17) is 16.7 Å². The minimum Gasteiger partial charge on any atom is -0.388 e. The number of likely N-dealkylation sites (tertiary alicyclic amines) is 1. The van der Waals surface area contributed by atoms with E-state index in [1.165, 1.54) is 0 Å². The molecule has 2 heterocycles. The van der Waals surface area contributed by atoms with Crippen LogP contribution in [0.5, 0.6) is 0 Å². The Labute approximate surface area is 151 Å². The van der Waals surface area contributed by atoms with Crippen LogP contribution in [0.2, 0.25) is 5.02 Å². The van der Waals surface area contributed by atoms with E-state index in [1.807, 2.05) is 0 Å². The van der Waals surface area contributed by atoms with E-state index in [2.05, 4.69) is 24.0 Å². The third-order valence-electron chi connectivity index (χ3n) is 5.59. The topological polar surface area (TPSA) is 89.5 Å². The molecule has 136 valence electrons. The summed E-state index contributed by atoms with van der Waals surface area (Å²) in [4.78, 5) is 13.3. The molecule has 3 N–H and O–H groups in total. The van der Waals surface area contributed by atoms with Gasteiger partial charge in [-0.05, 0) is 41.9 Å². The molecule has 0 aliphatic carbocycles. The van der Waals surface area contributed by atoms with Gasteiger partial charge in [-0.1, -0.05) is 25.4 Å². The van der Waals surface area contributed by atoms with Crippen molar-refractivity contribution in [3.63, 3.8) is 0 Å². The van der Waals surface area contributed by atoms with Gasteiger partial charge in [-0.15, -0.1) is 0 Å². The molecule has 1 atom stereocenters. The van der Waals surface area contributed by atoms with Crippen LogP contribution in [0.25, 0.3) is 10.9 Å². The number of aromatic nitrogens is 2. The lowest BCUT2D eigenvalue weighted by atomic mass is 9.68. The predicted molar refractivity (Wildman–Crippen MR) is 96.2 cm³/mol. The highest BCUT2D eigenvalue weighted by atomic mass is 35.5. The molecule has 0 spiro atoms. The van der Waals surface area contributed by atoms with Crippen LogP contribution in [-0.2, 0) is 4.79 Å². The molecule has 1 aliphatic rings. The number of amides is 1. The number of H-pyrrole nitrogens is 1. The van der Waals surface area contributed by atoms with Crippen molar-refractivity contribution in [1.29, 1.82) is 0 Å². The maximum Gasteiger partial charge on any atom is 0.248 e. The number of hydrogen-bond acceptors (Lipinski definition) is 4. The second-order valence-electron chi connectivity index (χ2n) is 7.36. The smallest absolute Gasteiger partial charge is 0.248 e. The fourth-order valence-electron chi connectivity index (χ4n) is 3.87. The summed E-state index contributed by atoms with van der Waals surface area (Å²) in [5.74, 6) is 0.0259. The molecular formula is C18H24ClN3O3. The van der Waals surface area contributed by atoms with Gasteiger partial charge >= 0.3 is 0 Å². The zero-order chi connectivity index (χ0) is 18.2. The van der Waals surface area contributed by atoms with Gasteiger partial charge in [0.1, 0.15) is 6.61 Å². The number of fused-ring (bicyclic) bond motifs is 1. The maximum absolute atomic E-state index is 11.6. The Morgan fingerprint density at radius 3 is 2.76 bits per heavy atom. The predicted octanol–water partition coefficient (Wildman–Crippen LogP) is 2.51. The molecule has 1 aromatic heterocycles. The van der Waals surface area contributed by atoms with Crippen molar-refractivity contribution in [2.45, 2.75) is 32.8 Å². The molecule has 1 saturated heterocycles. The molecule has 2 aromatic rings. The summed E-state index contributed by atoms with van der Waals surface area (Å²) in [6, 6.07) is 3.60. The number of piperidine rings is 1. The van der Waals surface area contributed by atoms with Crippen molar-refractivity contribution in [2.75, 3.05) is 19.7 Å². The number of hydrogen-bond donors (Lipinski definition) is 3. The van der Waals surface area contributed by atoms with E-state index in [0.717, 1.165) is 29.3 Å². The van der Waals surface area contributed by atoms with Crippen LogP contribution >= 0.6 is 11.6 Å².